The molecule has 0 aliphatic rings. The highest BCUT2D eigenvalue weighted by atomic mass is 32.2. The summed E-state index contributed by atoms with van der Waals surface area (Å²) >= 11 is 1.23. The topological polar surface area (TPSA) is 59.4 Å². The fourth-order valence-corrected chi connectivity index (χ4v) is 2.50. The molecule has 18 heavy (non-hydrogen) atoms. The number of ether oxygens (including phenoxy) is 1. The third-order valence-corrected chi connectivity index (χ3v) is 3.69. The molecule has 0 fully saturated rings. The van der Waals surface area contributed by atoms with Crippen LogP contribution in [0.25, 0.3) is 10.8 Å². The van der Waals surface area contributed by atoms with Crippen molar-refractivity contribution >= 4 is 28.5 Å². The van der Waals surface area contributed by atoms with Gasteiger partial charge in [0, 0.05) is 17.0 Å². The molecule has 1 aromatic heterocycles. The first-order chi connectivity index (χ1) is 8.63. The van der Waals surface area contributed by atoms with Gasteiger partial charge in [0.15, 0.2) is 0 Å². The van der Waals surface area contributed by atoms with Gasteiger partial charge in [-0.25, -0.2) is 4.98 Å². The van der Waals surface area contributed by atoms with Crippen molar-refractivity contribution in [1.82, 2.24) is 4.98 Å². The number of hydrogen-bond acceptors (Lipinski definition) is 4. The van der Waals surface area contributed by atoms with Crippen molar-refractivity contribution in [2.75, 3.05) is 7.11 Å². The molecule has 0 aliphatic carbocycles. The fourth-order valence-electron chi connectivity index (χ4n) is 1.64. The first kappa shape index (κ1) is 12.7. The van der Waals surface area contributed by atoms with Crippen molar-refractivity contribution in [2.24, 2.45) is 0 Å². The number of hydrogen-bond donors (Lipinski definition) is 1. The van der Waals surface area contributed by atoms with Crippen molar-refractivity contribution in [2.45, 2.75) is 17.2 Å². The highest BCUT2D eigenvalue weighted by Gasteiger charge is 2.15. The van der Waals surface area contributed by atoms with E-state index >= 15 is 0 Å². The van der Waals surface area contributed by atoms with Crippen molar-refractivity contribution in [3.63, 3.8) is 0 Å². The van der Waals surface area contributed by atoms with Gasteiger partial charge in [-0.1, -0.05) is 23.9 Å². The number of nitrogens with zero attached hydrogens (tertiary/aromatic N) is 1. The number of rotatable bonds is 4. The smallest absolute Gasteiger partial charge is 0.316 e. The minimum Gasteiger partial charge on any atom is -0.496 e. The second kappa shape index (κ2) is 5.27. The number of thioether (sulfide) groups is 1. The minimum atomic E-state index is -0.846. The van der Waals surface area contributed by atoms with Gasteiger partial charge in [-0.3, -0.25) is 4.79 Å². The van der Waals surface area contributed by atoms with Crippen LogP contribution < -0.4 is 4.74 Å². The Morgan fingerprint density at radius 3 is 2.83 bits per heavy atom. The number of methoxy groups -OCH3 is 1. The van der Waals surface area contributed by atoms with Crippen LogP contribution in [0.3, 0.4) is 0 Å². The van der Waals surface area contributed by atoms with Crippen LogP contribution in [-0.2, 0) is 4.79 Å². The lowest BCUT2D eigenvalue weighted by molar-refractivity contribution is -0.136. The predicted octanol–water partition coefficient (Wildman–Crippen LogP) is 2.81. The third-order valence-electron chi connectivity index (χ3n) is 2.59. The Morgan fingerprint density at radius 1 is 1.39 bits per heavy atom. The van der Waals surface area contributed by atoms with Crippen LogP contribution in [0.4, 0.5) is 0 Å². The van der Waals surface area contributed by atoms with E-state index in [-0.39, 0.29) is 0 Å². The van der Waals surface area contributed by atoms with E-state index < -0.39 is 11.2 Å². The molecular weight excluding hydrogens is 250 g/mol. The number of carboxylic acid groups (broad SMARTS) is 1. The summed E-state index contributed by atoms with van der Waals surface area (Å²) in [4.78, 5) is 15.1. The lowest BCUT2D eigenvalue weighted by Gasteiger charge is -2.10. The Labute approximate surface area is 109 Å². The van der Waals surface area contributed by atoms with Crippen LogP contribution in [0.2, 0.25) is 0 Å². The highest BCUT2D eigenvalue weighted by Crippen LogP contribution is 2.33. The van der Waals surface area contributed by atoms with Crippen LogP contribution in [0.15, 0.2) is 35.5 Å². The number of benzene rings is 1. The normalized spacial score (nSPS) is 12.3. The Hall–Kier alpha value is -1.75. The number of carboxylic acids is 1. The molecule has 0 saturated carbocycles. The molecule has 5 heteroatoms. The summed E-state index contributed by atoms with van der Waals surface area (Å²) in [6, 6.07) is 7.53. The van der Waals surface area contributed by atoms with Crippen molar-refractivity contribution in [3.8, 4) is 5.75 Å². The maximum atomic E-state index is 10.9. The molecule has 1 aromatic carbocycles. The highest BCUT2D eigenvalue weighted by molar-refractivity contribution is 8.00. The van der Waals surface area contributed by atoms with Crippen LogP contribution in [0.5, 0.6) is 5.75 Å². The largest absolute Gasteiger partial charge is 0.496 e. The van der Waals surface area contributed by atoms with Gasteiger partial charge in [-0.15, -0.1) is 0 Å². The first-order valence-corrected chi connectivity index (χ1v) is 6.32. The molecule has 2 aromatic rings. The summed E-state index contributed by atoms with van der Waals surface area (Å²) < 4.78 is 5.28. The average molecular weight is 263 g/mol. The van der Waals surface area contributed by atoms with Gasteiger partial charge < -0.3 is 9.84 Å². The van der Waals surface area contributed by atoms with E-state index in [0.717, 1.165) is 16.5 Å². The molecule has 0 amide bonds. The minimum absolute atomic E-state index is 0.533. The average Bonchev–Trinajstić information content (AvgIpc) is 2.38. The lowest BCUT2D eigenvalue weighted by atomic mass is 10.1. The van der Waals surface area contributed by atoms with Crippen LogP contribution in [0.1, 0.15) is 6.92 Å². The van der Waals surface area contributed by atoms with Gasteiger partial charge in [-0.05, 0) is 19.1 Å². The summed E-state index contributed by atoms with van der Waals surface area (Å²) in [5.41, 5.74) is 0. The van der Waals surface area contributed by atoms with Crippen LogP contribution in [-0.4, -0.2) is 28.4 Å². The van der Waals surface area contributed by atoms with Gasteiger partial charge in [0.2, 0.25) is 0 Å². The molecule has 1 N–H and O–H groups in total. The summed E-state index contributed by atoms with van der Waals surface area (Å²) in [5.74, 6) is -0.0820. The van der Waals surface area contributed by atoms with E-state index in [0.29, 0.717) is 5.03 Å². The van der Waals surface area contributed by atoms with E-state index in [4.69, 9.17) is 9.84 Å². The van der Waals surface area contributed by atoms with E-state index in [9.17, 15) is 4.79 Å². The molecule has 0 aliphatic heterocycles. The summed E-state index contributed by atoms with van der Waals surface area (Å²) in [7, 11) is 1.61. The summed E-state index contributed by atoms with van der Waals surface area (Å²) in [6.45, 7) is 1.65. The van der Waals surface area contributed by atoms with Crippen LogP contribution >= 0.6 is 11.8 Å². The Morgan fingerprint density at radius 2 is 2.17 bits per heavy atom. The molecule has 1 atom stereocenters. The van der Waals surface area contributed by atoms with E-state index in [2.05, 4.69) is 4.98 Å². The molecular formula is C13H13NO3S. The zero-order chi connectivity index (χ0) is 13.1. The number of pyridine rings is 1. The van der Waals surface area contributed by atoms with Gasteiger partial charge in [-0.2, -0.15) is 0 Å². The monoisotopic (exact) mass is 263 g/mol. The Kier molecular flexibility index (Phi) is 3.72. The van der Waals surface area contributed by atoms with Crippen molar-refractivity contribution < 1.29 is 14.6 Å². The van der Waals surface area contributed by atoms with Crippen molar-refractivity contribution in [1.29, 1.82) is 0 Å². The maximum Gasteiger partial charge on any atom is 0.316 e. The van der Waals surface area contributed by atoms with E-state index in [1.807, 2.05) is 24.3 Å². The molecule has 1 unspecified atom stereocenters. The number of aliphatic carboxylic acids is 1. The quantitative estimate of drug-likeness (QED) is 0.859. The molecule has 0 radical (unpaired) electrons. The Balaban J connectivity index is 2.49. The van der Waals surface area contributed by atoms with Gasteiger partial charge in [0.05, 0.1) is 7.11 Å². The predicted molar refractivity (Wildman–Crippen MR) is 71.2 cm³/mol. The van der Waals surface area contributed by atoms with E-state index in [1.54, 1.807) is 20.2 Å². The molecule has 0 saturated heterocycles. The van der Waals surface area contributed by atoms with Gasteiger partial charge in [0.25, 0.3) is 0 Å². The van der Waals surface area contributed by atoms with Crippen LogP contribution in [0, 0.1) is 0 Å². The molecule has 0 spiro atoms. The zero-order valence-corrected chi connectivity index (χ0v) is 10.9. The molecule has 94 valence electrons. The molecule has 0 bridgehead atoms. The standard InChI is InChI=1S/C13H13NO3S/c1-8(13(15)16)18-12-10-4-3-5-11(17-2)9(10)6-7-14-12/h3-8H,1-2H3,(H,15,16). The summed E-state index contributed by atoms with van der Waals surface area (Å²) in [6.07, 6.45) is 1.67. The first-order valence-electron chi connectivity index (χ1n) is 5.44. The number of fused-ring (bicyclic) bond motifs is 1. The second-order valence-electron chi connectivity index (χ2n) is 3.77. The lowest BCUT2D eigenvalue weighted by Crippen LogP contribution is -2.11. The van der Waals surface area contributed by atoms with Crippen molar-refractivity contribution in [3.05, 3.63) is 30.5 Å². The fraction of sp³-hybridized carbons (Fsp3) is 0.231. The zero-order valence-electron chi connectivity index (χ0n) is 10.1. The SMILES string of the molecule is COc1cccc2c(SC(C)C(=O)O)nccc12. The molecule has 1 heterocycles. The van der Waals surface area contributed by atoms with Gasteiger partial charge >= 0.3 is 5.97 Å². The number of carbonyl (C=O) groups is 1. The second-order valence-corrected chi connectivity index (χ2v) is 5.10. The maximum absolute atomic E-state index is 10.9. The van der Waals surface area contributed by atoms with E-state index in [1.165, 1.54) is 11.8 Å². The number of aromatic nitrogens is 1. The molecule has 4 nitrogen and oxygen atoms in total. The molecule has 2 rings (SSSR count). The Bertz CT molecular complexity index is 585. The van der Waals surface area contributed by atoms with Gasteiger partial charge in [0.1, 0.15) is 16.0 Å². The third kappa shape index (κ3) is 2.41. The summed E-state index contributed by atoms with van der Waals surface area (Å²) in [5, 5.41) is 11.0.